The normalized spacial score (nSPS) is 14.0. The highest BCUT2D eigenvalue weighted by molar-refractivity contribution is 7.11. The topological polar surface area (TPSA) is 109 Å². The summed E-state index contributed by atoms with van der Waals surface area (Å²) in [6, 6.07) is 33.1. The third-order valence-corrected chi connectivity index (χ3v) is 11.9. The van der Waals surface area contributed by atoms with Crippen LogP contribution in [0.1, 0.15) is 20.9 Å². The number of aromatic nitrogens is 8. The third-order valence-electron chi connectivity index (χ3n) is 9.80. The number of aromatic amines is 2. The first kappa shape index (κ1) is 27.8. The highest BCUT2D eigenvalue weighted by Crippen LogP contribution is 2.47. The lowest BCUT2D eigenvalue weighted by molar-refractivity contribution is 0.664. The van der Waals surface area contributed by atoms with Crippen molar-refractivity contribution in [3.8, 4) is 45.6 Å². The highest BCUT2D eigenvalue weighted by Gasteiger charge is 2.38. The van der Waals surface area contributed by atoms with Gasteiger partial charge in [-0.25, -0.2) is 29.9 Å². The second kappa shape index (κ2) is 10.4. The molecule has 0 saturated carbocycles. The first-order valence-electron chi connectivity index (χ1n) is 16.3. The molecular weight excluding hydrogens is 657 g/mol. The number of nitrogens with one attached hydrogen (secondary N) is 2. The summed E-state index contributed by atoms with van der Waals surface area (Å²) < 4.78 is 0. The van der Waals surface area contributed by atoms with Gasteiger partial charge in [-0.3, -0.25) is 0 Å². The third kappa shape index (κ3) is 4.03. The number of hydrogen-bond donors (Lipinski definition) is 2. The summed E-state index contributed by atoms with van der Waals surface area (Å²) in [5.74, 6) is 2.40. The van der Waals surface area contributed by atoms with Gasteiger partial charge in [0.25, 0.3) is 0 Å². The zero-order valence-corrected chi connectivity index (χ0v) is 27.9. The molecule has 50 heavy (non-hydrogen) atoms. The number of H-pyrrole nitrogens is 2. The number of thiophene rings is 2. The monoisotopic (exact) mass is 680 g/mol. The Morgan fingerprint density at radius 1 is 0.480 bits per heavy atom. The first-order chi connectivity index (χ1) is 24.7. The van der Waals surface area contributed by atoms with E-state index in [1.165, 1.54) is 9.75 Å². The van der Waals surface area contributed by atoms with Crippen LogP contribution in [0.4, 0.5) is 0 Å². The van der Waals surface area contributed by atoms with E-state index in [0.717, 1.165) is 49.8 Å². The average molecular weight is 681 g/mol. The molecule has 236 valence electrons. The number of fused-ring (bicyclic) bond motifs is 20. The van der Waals surface area contributed by atoms with Crippen LogP contribution in [0.2, 0.25) is 0 Å². The van der Waals surface area contributed by atoms with Crippen molar-refractivity contribution in [2.45, 2.75) is 11.8 Å². The molecule has 0 atom stereocenters. The van der Waals surface area contributed by atoms with Gasteiger partial charge in [0.15, 0.2) is 23.3 Å². The van der Waals surface area contributed by atoms with Crippen LogP contribution in [0, 0.1) is 0 Å². The summed E-state index contributed by atoms with van der Waals surface area (Å²) in [5.41, 5.74) is 8.28. The van der Waals surface area contributed by atoms with Crippen molar-refractivity contribution < 1.29 is 0 Å². The summed E-state index contributed by atoms with van der Waals surface area (Å²) in [6.45, 7) is 0. The van der Waals surface area contributed by atoms with Gasteiger partial charge in [0.2, 0.25) is 0 Å². The number of benzene rings is 3. The van der Waals surface area contributed by atoms with Crippen LogP contribution in [0.25, 0.3) is 85.0 Å². The predicted octanol–water partition coefficient (Wildman–Crippen LogP) is 9.39. The van der Waals surface area contributed by atoms with Gasteiger partial charge < -0.3 is 9.97 Å². The zero-order chi connectivity index (χ0) is 32.8. The van der Waals surface area contributed by atoms with E-state index in [1.54, 1.807) is 22.7 Å². The average Bonchev–Trinajstić information content (AvgIpc) is 4.01. The molecule has 5 aromatic heterocycles. The van der Waals surface area contributed by atoms with Gasteiger partial charge in [-0.05, 0) is 29.3 Å². The summed E-state index contributed by atoms with van der Waals surface area (Å²) in [5, 5.41) is 6.21. The largest absolute Gasteiger partial charge is 0.324 e. The Labute approximate surface area is 293 Å². The van der Waals surface area contributed by atoms with Gasteiger partial charge in [0.1, 0.15) is 22.6 Å². The molecule has 8 aromatic rings. The predicted molar refractivity (Wildman–Crippen MR) is 201 cm³/mol. The van der Waals surface area contributed by atoms with Crippen molar-refractivity contribution in [3.05, 3.63) is 135 Å². The molecule has 0 radical (unpaired) electrons. The van der Waals surface area contributed by atoms with E-state index < -0.39 is 0 Å². The van der Waals surface area contributed by atoms with Crippen LogP contribution in [0.3, 0.4) is 0 Å². The molecule has 1 aliphatic carbocycles. The maximum atomic E-state index is 5.30. The molecule has 7 heterocycles. The number of nitrogens with zero attached hydrogens (tertiary/aromatic N) is 6. The zero-order valence-electron chi connectivity index (χ0n) is 26.3. The molecule has 0 fully saturated rings. The van der Waals surface area contributed by atoms with E-state index in [-0.39, 0.29) is 5.41 Å². The fraction of sp³-hybridized carbons (Fsp3) is 0.0500. The highest BCUT2D eigenvalue weighted by atomic mass is 32.1. The number of hydrogen-bond acceptors (Lipinski definition) is 8. The molecule has 0 amide bonds. The minimum atomic E-state index is -0.330. The molecule has 10 heteroatoms. The Balaban J connectivity index is 1.28. The first-order valence-corrected chi connectivity index (χ1v) is 18.1. The van der Waals surface area contributed by atoms with Crippen LogP contribution in [-0.2, 0) is 11.8 Å². The lowest BCUT2D eigenvalue weighted by Crippen LogP contribution is -2.28. The molecule has 2 N–H and O–H groups in total. The Bertz CT molecular complexity index is 2830. The Hall–Kier alpha value is -6.10. The number of rotatable bonds is 2. The van der Waals surface area contributed by atoms with Crippen LogP contribution in [0.15, 0.2) is 114 Å². The lowest BCUT2D eigenvalue weighted by atomic mass is 9.75. The molecule has 8 bridgehead atoms. The van der Waals surface area contributed by atoms with Gasteiger partial charge in [-0.15, -0.1) is 22.7 Å². The Morgan fingerprint density at radius 2 is 0.940 bits per heavy atom. The van der Waals surface area contributed by atoms with Crippen LogP contribution >= 0.6 is 22.7 Å². The second-order valence-corrected chi connectivity index (χ2v) is 14.5. The van der Waals surface area contributed by atoms with Crippen molar-refractivity contribution in [1.29, 1.82) is 0 Å². The Kier molecular flexibility index (Phi) is 5.81. The fourth-order valence-electron chi connectivity index (χ4n) is 7.43. The van der Waals surface area contributed by atoms with E-state index in [2.05, 4.69) is 87.5 Å². The van der Waals surface area contributed by atoms with Gasteiger partial charge >= 0.3 is 0 Å². The molecule has 2 aliphatic heterocycles. The molecule has 0 saturated heterocycles. The van der Waals surface area contributed by atoms with Gasteiger partial charge in [-0.2, -0.15) is 0 Å². The van der Waals surface area contributed by atoms with E-state index in [0.29, 0.717) is 46.7 Å². The smallest absolute Gasteiger partial charge is 0.164 e. The van der Waals surface area contributed by atoms with E-state index >= 15 is 0 Å². The quantitative estimate of drug-likeness (QED) is 0.188. The standard InChI is InChI=1S/C40H24N8S2/c1-2-10-23-22(9-1)32-41-33(23)43-35-26-13-5-6-14-27(26)37(45-35)47-39-29-21-40(30-15-7-19-49-30,31-16-8-20-50-31)18-17-28(29)38(48-39)46-36-25-12-4-3-11-24(25)34(42-32)44-36/h1-20H,21H2,(H2,41,42,43,44,45,46,47,48). The van der Waals surface area contributed by atoms with Gasteiger partial charge in [0, 0.05) is 53.9 Å². The summed E-state index contributed by atoms with van der Waals surface area (Å²) in [7, 11) is 0. The minimum absolute atomic E-state index is 0.330. The van der Waals surface area contributed by atoms with Crippen molar-refractivity contribution in [3.63, 3.8) is 0 Å². The van der Waals surface area contributed by atoms with Crippen LogP contribution in [0.5, 0.6) is 0 Å². The van der Waals surface area contributed by atoms with Crippen molar-refractivity contribution in [2.75, 3.05) is 0 Å². The molecule has 8 nitrogen and oxygen atoms in total. The summed E-state index contributed by atoms with van der Waals surface area (Å²) in [4.78, 5) is 40.6. The molecule has 11 rings (SSSR count). The second-order valence-electron chi connectivity index (χ2n) is 12.6. The molecule has 0 spiro atoms. The van der Waals surface area contributed by atoms with Crippen LogP contribution < -0.4 is 0 Å². The number of allylic oxidation sites excluding steroid dienone is 1. The Morgan fingerprint density at radius 3 is 1.44 bits per heavy atom. The molecule has 3 aliphatic rings. The molecule has 0 unspecified atom stereocenters. The molecular formula is C40H24N8S2. The fourth-order valence-corrected chi connectivity index (χ4v) is 9.33. The van der Waals surface area contributed by atoms with E-state index in [1.807, 2.05) is 42.5 Å². The van der Waals surface area contributed by atoms with E-state index in [9.17, 15) is 0 Å². The van der Waals surface area contributed by atoms with E-state index in [4.69, 9.17) is 29.9 Å². The van der Waals surface area contributed by atoms with Gasteiger partial charge in [-0.1, -0.05) is 97.1 Å². The van der Waals surface area contributed by atoms with Crippen molar-refractivity contribution in [1.82, 2.24) is 39.9 Å². The molecule has 3 aromatic carbocycles. The maximum absolute atomic E-state index is 5.30. The maximum Gasteiger partial charge on any atom is 0.164 e. The summed E-state index contributed by atoms with van der Waals surface area (Å²) >= 11 is 3.56. The van der Waals surface area contributed by atoms with Crippen molar-refractivity contribution in [2.24, 2.45) is 0 Å². The minimum Gasteiger partial charge on any atom is -0.324 e. The van der Waals surface area contributed by atoms with Gasteiger partial charge in [0.05, 0.1) is 5.41 Å². The SMILES string of the molecule is C1=CC(c2cccs2)(c2cccs2)Cc2c1c1nc3nc(nc4[nH]c(nc5nc(nc2[nH]1)-c1ccccc1-5)c1ccccc41)-c1ccccc1-3. The lowest BCUT2D eigenvalue weighted by Gasteiger charge is -2.31. The van der Waals surface area contributed by atoms with Crippen LogP contribution in [-0.4, -0.2) is 39.9 Å². The summed E-state index contributed by atoms with van der Waals surface area (Å²) in [6.07, 6.45) is 5.26. The van der Waals surface area contributed by atoms with Crippen molar-refractivity contribution >= 4 is 62.1 Å².